The SMILES string of the molecule is CCOc1ccccc1N(CC(=O)N(Cc1ccccc1)[C@H](C)C(=O)N[C@@H](C)CC)S(=O)(=O)c1ccc(Cl)cc1. The molecule has 0 aliphatic rings. The number of halogens is 1. The lowest BCUT2D eigenvalue weighted by atomic mass is 10.1. The monoisotopic (exact) mass is 585 g/mol. The highest BCUT2D eigenvalue weighted by molar-refractivity contribution is 7.92. The second kappa shape index (κ2) is 14.2. The summed E-state index contributed by atoms with van der Waals surface area (Å²) in [7, 11) is -4.24. The lowest BCUT2D eigenvalue weighted by molar-refractivity contribution is -0.139. The van der Waals surface area contributed by atoms with Crippen LogP contribution in [-0.4, -0.2) is 50.4 Å². The Balaban J connectivity index is 2.06. The summed E-state index contributed by atoms with van der Waals surface area (Å²) in [5.74, 6) is -0.549. The van der Waals surface area contributed by atoms with Crippen LogP contribution in [0.3, 0.4) is 0 Å². The van der Waals surface area contributed by atoms with Crippen LogP contribution in [0.2, 0.25) is 5.02 Å². The number of sulfonamides is 1. The molecular formula is C30H36ClN3O5S. The molecule has 2 amide bonds. The van der Waals surface area contributed by atoms with Crippen LogP contribution in [0.15, 0.2) is 83.8 Å². The molecule has 0 aliphatic carbocycles. The van der Waals surface area contributed by atoms with Gasteiger partial charge in [-0.2, -0.15) is 0 Å². The summed E-state index contributed by atoms with van der Waals surface area (Å²) in [6, 6.07) is 20.7. The van der Waals surface area contributed by atoms with Crippen molar-refractivity contribution in [2.24, 2.45) is 0 Å². The molecule has 0 radical (unpaired) electrons. The van der Waals surface area contributed by atoms with Crippen LogP contribution in [0.5, 0.6) is 5.75 Å². The van der Waals surface area contributed by atoms with Crippen molar-refractivity contribution in [3.8, 4) is 5.75 Å². The third-order valence-corrected chi connectivity index (χ3v) is 8.50. The molecule has 0 unspecified atom stereocenters. The first kappa shape index (κ1) is 31.0. The van der Waals surface area contributed by atoms with Gasteiger partial charge in [-0.15, -0.1) is 0 Å². The van der Waals surface area contributed by atoms with Crippen LogP contribution >= 0.6 is 11.6 Å². The molecule has 214 valence electrons. The molecule has 0 heterocycles. The van der Waals surface area contributed by atoms with E-state index in [-0.39, 0.29) is 29.1 Å². The first-order valence-electron chi connectivity index (χ1n) is 13.2. The van der Waals surface area contributed by atoms with E-state index in [2.05, 4.69) is 5.32 Å². The number of nitrogens with one attached hydrogen (secondary N) is 1. The predicted octanol–water partition coefficient (Wildman–Crippen LogP) is 5.27. The summed E-state index contributed by atoms with van der Waals surface area (Å²) in [6.07, 6.45) is 0.729. The van der Waals surface area contributed by atoms with Crippen molar-refractivity contribution >= 4 is 39.1 Å². The molecule has 1 N–H and O–H groups in total. The smallest absolute Gasteiger partial charge is 0.264 e. The van der Waals surface area contributed by atoms with Crippen molar-refractivity contribution in [1.82, 2.24) is 10.2 Å². The molecule has 0 saturated heterocycles. The van der Waals surface area contributed by atoms with Gasteiger partial charge in [-0.1, -0.05) is 61.0 Å². The Hall–Kier alpha value is -3.56. The van der Waals surface area contributed by atoms with Gasteiger partial charge < -0.3 is 15.0 Å². The number of carbonyl (C=O) groups is 2. The minimum absolute atomic E-state index is 0.0341. The molecular weight excluding hydrogens is 550 g/mol. The van der Waals surface area contributed by atoms with Crippen molar-refractivity contribution in [3.63, 3.8) is 0 Å². The van der Waals surface area contributed by atoms with Crippen LogP contribution in [0.1, 0.15) is 39.7 Å². The molecule has 40 heavy (non-hydrogen) atoms. The summed E-state index contributed by atoms with van der Waals surface area (Å²) in [5.41, 5.74) is 1.02. The molecule has 3 aromatic carbocycles. The fourth-order valence-electron chi connectivity index (χ4n) is 4.02. The Morgan fingerprint density at radius 3 is 2.17 bits per heavy atom. The summed E-state index contributed by atoms with van der Waals surface area (Å²) in [6.45, 7) is 7.15. The van der Waals surface area contributed by atoms with Gasteiger partial charge in [0.1, 0.15) is 18.3 Å². The van der Waals surface area contributed by atoms with Gasteiger partial charge in [0.15, 0.2) is 0 Å². The topological polar surface area (TPSA) is 96.0 Å². The Labute approximate surface area is 241 Å². The molecule has 0 aromatic heterocycles. The molecule has 10 heteroatoms. The number of nitrogens with zero attached hydrogens (tertiary/aromatic N) is 2. The van der Waals surface area contributed by atoms with Gasteiger partial charge in [0.25, 0.3) is 10.0 Å². The highest BCUT2D eigenvalue weighted by Gasteiger charge is 2.34. The maximum absolute atomic E-state index is 14.0. The highest BCUT2D eigenvalue weighted by Crippen LogP contribution is 2.33. The maximum Gasteiger partial charge on any atom is 0.264 e. The Morgan fingerprint density at radius 1 is 0.925 bits per heavy atom. The summed E-state index contributed by atoms with van der Waals surface area (Å²) < 4.78 is 34.7. The summed E-state index contributed by atoms with van der Waals surface area (Å²) >= 11 is 6.01. The highest BCUT2D eigenvalue weighted by atomic mass is 35.5. The number of rotatable bonds is 13. The van der Waals surface area contributed by atoms with E-state index in [9.17, 15) is 18.0 Å². The largest absolute Gasteiger partial charge is 0.492 e. The Bertz CT molecular complexity index is 1380. The minimum Gasteiger partial charge on any atom is -0.492 e. The van der Waals surface area contributed by atoms with E-state index in [0.717, 1.165) is 16.3 Å². The zero-order valence-electron chi connectivity index (χ0n) is 23.2. The summed E-state index contributed by atoms with van der Waals surface area (Å²) in [5, 5.41) is 3.31. The van der Waals surface area contributed by atoms with E-state index in [1.807, 2.05) is 44.2 Å². The number of benzene rings is 3. The summed E-state index contributed by atoms with van der Waals surface area (Å²) in [4.78, 5) is 28.5. The molecule has 3 aromatic rings. The van der Waals surface area contributed by atoms with Crippen molar-refractivity contribution in [3.05, 3.63) is 89.4 Å². The third kappa shape index (κ3) is 7.76. The normalized spacial score (nSPS) is 12.7. The zero-order valence-corrected chi connectivity index (χ0v) is 24.8. The third-order valence-electron chi connectivity index (χ3n) is 6.48. The number of hydrogen-bond acceptors (Lipinski definition) is 5. The Kier molecular flexibility index (Phi) is 11.0. The maximum atomic E-state index is 14.0. The van der Waals surface area contributed by atoms with Gasteiger partial charge in [0.2, 0.25) is 11.8 Å². The molecule has 2 atom stereocenters. The van der Waals surface area contributed by atoms with E-state index >= 15 is 0 Å². The number of carbonyl (C=O) groups excluding carboxylic acids is 2. The van der Waals surface area contributed by atoms with E-state index in [1.54, 1.807) is 38.1 Å². The Morgan fingerprint density at radius 2 is 1.55 bits per heavy atom. The average molecular weight is 586 g/mol. The van der Waals surface area contributed by atoms with E-state index in [4.69, 9.17) is 16.3 Å². The van der Waals surface area contributed by atoms with Crippen LogP contribution < -0.4 is 14.4 Å². The fraction of sp³-hybridized carbons (Fsp3) is 0.333. The molecule has 0 saturated carbocycles. The van der Waals surface area contributed by atoms with Crippen molar-refractivity contribution in [2.45, 2.75) is 57.6 Å². The fourth-order valence-corrected chi connectivity index (χ4v) is 5.57. The second-order valence-electron chi connectivity index (χ2n) is 9.37. The van der Waals surface area contributed by atoms with Crippen molar-refractivity contribution < 1.29 is 22.7 Å². The van der Waals surface area contributed by atoms with Crippen LogP contribution in [0, 0.1) is 0 Å². The lowest BCUT2D eigenvalue weighted by Gasteiger charge is -2.32. The van der Waals surface area contributed by atoms with Gasteiger partial charge in [0, 0.05) is 17.6 Å². The second-order valence-corrected chi connectivity index (χ2v) is 11.7. The van der Waals surface area contributed by atoms with Gasteiger partial charge in [0.05, 0.1) is 17.2 Å². The number of ether oxygens (including phenoxy) is 1. The van der Waals surface area contributed by atoms with E-state index in [1.165, 1.54) is 29.2 Å². The molecule has 0 bridgehead atoms. The molecule has 0 spiro atoms. The number of anilines is 1. The average Bonchev–Trinajstić information content (AvgIpc) is 2.95. The van der Waals surface area contributed by atoms with Gasteiger partial charge in [-0.3, -0.25) is 13.9 Å². The van der Waals surface area contributed by atoms with Gasteiger partial charge in [-0.25, -0.2) is 8.42 Å². The first-order valence-corrected chi connectivity index (χ1v) is 15.0. The lowest BCUT2D eigenvalue weighted by Crippen LogP contribution is -2.52. The van der Waals surface area contributed by atoms with Crippen LogP contribution in [0.25, 0.3) is 0 Å². The molecule has 8 nitrogen and oxygen atoms in total. The standard InChI is InChI=1S/C30H36ClN3O5S/c1-5-22(3)32-30(36)23(4)33(20-24-12-8-7-9-13-24)29(35)21-34(27-14-10-11-15-28(27)39-6-2)40(37,38)26-18-16-25(31)17-19-26/h7-19,22-23H,5-6,20-21H2,1-4H3,(H,32,36)/t22-,23+/m0/s1. The van der Waals surface area contributed by atoms with E-state index in [0.29, 0.717) is 17.4 Å². The van der Waals surface area contributed by atoms with Crippen LogP contribution in [0.4, 0.5) is 5.69 Å². The van der Waals surface area contributed by atoms with Gasteiger partial charge in [-0.05, 0) is 69.2 Å². The van der Waals surface area contributed by atoms with Crippen LogP contribution in [-0.2, 0) is 26.2 Å². The number of amides is 2. The quantitative estimate of drug-likeness (QED) is 0.295. The van der Waals surface area contributed by atoms with Crippen molar-refractivity contribution in [2.75, 3.05) is 17.5 Å². The predicted molar refractivity (Wildman–Crippen MR) is 158 cm³/mol. The van der Waals surface area contributed by atoms with E-state index < -0.39 is 28.5 Å². The zero-order chi connectivity index (χ0) is 29.3. The molecule has 3 rings (SSSR count). The minimum atomic E-state index is -4.24. The number of hydrogen-bond donors (Lipinski definition) is 1. The molecule has 0 aliphatic heterocycles. The number of para-hydroxylation sites is 2. The first-order chi connectivity index (χ1) is 19.1. The molecule has 0 fully saturated rings. The van der Waals surface area contributed by atoms with Gasteiger partial charge >= 0.3 is 0 Å². The van der Waals surface area contributed by atoms with Crippen molar-refractivity contribution in [1.29, 1.82) is 0 Å².